The first-order chi connectivity index (χ1) is 15.0. The molecule has 1 aliphatic heterocycles. The lowest BCUT2D eigenvalue weighted by Gasteiger charge is -2.27. The molecule has 0 radical (unpaired) electrons. The summed E-state index contributed by atoms with van der Waals surface area (Å²) < 4.78 is 12.1. The Kier molecular flexibility index (Phi) is 8.43. The fourth-order valence-corrected chi connectivity index (χ4v) is 3.28. The molecule has 2 aromatic rings. The minimum atomic E-state index is -0.480. The summed E-state index contributed by atoms with van der Waals surface area (Å²) in [5, 5.41) is 7.26. The molecule has 0 spiro atoms. The molecule has 0 bridgehead atoms. The summed E-state index contributed by atoms with van der Waals surface area (Å²) in [4.78, 5) is 28.5. The predicted molar refractivity (Wildman–Crippen MR) is 120 cm³/mol. The van der Waals surface area contributed by atoms with Gasteiger partial charge in [-0.1, -0.05) is 12.1 Å². The van der Waals surface area contributed by atoms with Crippen molar-refractivity contribution >= 4 is 17.6 Å². The van der Waals surface area contributed by atoms with Gasteiger partial charge >= 0.3 is 6.09 Å². The maximum Gasteiger partial charge on any atom is 0.411 e. The lowest BCUT2D eigenvalue weighted by molar-refractivity contribution is 0.122. The van der Waals surface area contributed by atoms with Gasteiger partial charge in [0.2, 0.25) is 0 Å². The molecule has 0 aliphatic carbocycles. The van der Waals surface area contributed by atoms with Gasteiger partial charge < -0.3 is 19.3 Å². The minimum absolute atomic E-state index is 0.174. The summed E-state index contributed by atoms with van der Waals surface area (Å²) in [6.07, 6.45) is 1.31. The Balaban J connectivity index is 1.56. The third kappa shape index (κ3) is 7.37. The van der Waals surface area contributed by atoms with Crippen LogP contribution in [0.4, 0.5) is 16.3 Å². The Morgan fingerprint density at radius 3 is 2.77 bits per heavy atom. The molecule has 3 rings (SSSR count). The zero-order chi connectivity index (χ0) is 22.1. The van der Waals surface area contributed by atoms with E-state index in [0.29, 0.717) is 32.1 Å². The van der Waals surface area contributed by atoms with Crippen LogP contribution in [0.2, 0.25) is 0 Å². The monoisotopic (exact) mass is 429 g/mol. The van der Waals surface area contributed by atoms with Crippen molar-refractivity contribution in [3.8, 4) is 0 Å². The highest BCUT2D eigenvalue weighted by Crippen LogP contribution is 2.14. The molecule has 1 saturated heterocycles. The molecule has 1 aromatic carbocycles. The van der Waals surface area contributed by atoms with Crippen molar-refractivity contribution in [3.63, 3.8) is 0 Å². The summed E-state index contributed by atoms with van der Waals surface area (Å²) in [6, 6.07) is 10.6. The molecule has 1 fully saturated rings. The Morgan fingerprint density at radius 2 is 2.00 bits per heavy atom. The molecule has 1 N–H and O–H groups in total. The van der Waals surface area contributed by atoms with E-state index in [1.165, 1.54) is 10.7 Å². The number of nitrogens with one attached hydrogen (secondary N) is 1. The predicted octanol–water partition coefficient (Wildman–Crippen LogP) is 2.02. The van der Waals surface area contributed by atoms with Crippen LogP contribution in [0.5, 0.6) is 0 Å². The number of carbonyl (C=O) groups excluding carboxylic acids is 1. The third-order valence-electron chi connectivity index (χ3n) is 4.93. The number of benzene rings is 1. The van der Waals surface area contributed by atoms with E-state index in [9.17, 15) is 9.59 Å². The molecule has 0 unspecified atom stereocenters. The number of morpholine rings is 1. The van der Waals surface area contributed by atoms with Crippen LogP contribution < -0.4 is 15.8 Å². The molecule has 2 heterocycles. The second-order valence-electron chi connectivity index (χ2n) is 7.76. The molecule has 0 atom stereocenters. The van der Waals surface area contributed by atoms with Crippen LogP contribution in [-0.4, -0.2) is 74.3 Å². The van der Waals surface area contributed by atoms with Crippen LogP contribution in [-0.2, 0) is 16.0 Å². The first-order valence-corrected chi connectivity index (χ1v) is 10.6. The minimum Gasteiger partial charge on any atom is -0.449 e. The average Bonchev–Trinajstić information content (AvgIpc) is 2.76. The Bertz CT molecular complexity index is 909. The molecular weight excluding hydrogens is 398 g/mol. The summed E-state index contributed by atoms with van der Waals surface area (Å²) in [6.45, 7) is 4.47. The van der Waals surface area contributed by atoms with E-state index in [-0.39, 0.29) is 5.56 Å². The summed E-state index contributed by atoms with van der Waals surface area (Å²) in [5.41, 5.74) is 1.30. The number of carbonyl (C=O) groups is 1. The Labute approximate surface area is 182 Å². The number of amides is 1. The summed E-state index contributed by atoms with van der Waals surface area (Å²) in [7, 11) is 4.03. The summed E-state index contributed by atoms with van der Waals surface area (Å²) >= 11 is 0. The van der Waals surface area contributed by atoms with Gasteiger partial charge in [0.25, 0.3) is 5.56 Å². The topological polar surface area (TPSA) is 88.9 Å². The van der Waals surface area contributed by atoms with Gasteiger partial charge in [-0.2, -0.15) is 5.10 Å². The quantitative estimate of drug-likeness (QED) is 0.610. The largest absolute Gasteiger partial charge is 0.449 e. The van der Waals surface area contributed by atoms with Crippen LogP contribution in [0.15, 0.2) is 41.2 Å². The fraction of sp³-hybridized carbons (Fsp3) is 0.500. The van der Waals surface area contributed by atoms with E-state index in [2.05, 4.69) is 20.2 Å². The summed E-state index contributed by atoms with van der Waals surface area (Å²) in [5.74, 6) is 0.759. The van der Waals surface area contributed by atoms with E-state index in [1.54, 1.807) is 12.1 Å². The molecular formula is C22H31N5O4. The van der Waals surface area contributed by atoms with Crippen LogP contribution in [0.25, 0.3) is 0 Å². The second kappa shape index (κ2) is 11.5. The number of hydrogen-bond acceptors (Lipinski definition) is 7. The number of hydrogen-bond donors (Lipinski definition) is 1. The zero-order valence-electron chi connectivity index (χ0n) is 18.2. The Morgan fingerprint density at radius 1 is 1.19 bits per heavy atom. The number of aromatic nitrogens is 2. The highest BCUT2D eigenvalue weighted by molar-refractivity contribution is 5.84. The molecule has 9 nitrogen and oxygen atoms in total. The lowest BCUT2D eigenvalue weighted by Crippen LogP contribution is -2.38. The first-order valence-electron chi connectivity index (χ1n) is 10.6. The molecule has 1 amide bonds. The van der Waals surface area contributed by atoms with Crippen LogP contribution >= 0.6 is 0 Å². The van der Waals surface area contributed by atoms with Gasteiger partial charge in [-0.25, -0.2) is 9.48 Å². The number of rotatable bonds is 9. The molecule has 1 aromatic heterocycles. The van der Waals surface area contributed by atoms with E-state index in [4.69, 9.17) is 9.47 Å². The van der Waals surface area contributed by atoms with Gasteiger partial charge in [-0.3, -0.25) is 10.1 Å². The van der Waals surface area contributed by atoms with Crippen molar-refractivity contribution in [1.29, 1.82) is 0 Å². The molecule has 168 valence electrons. The molecule has 1 aliphatic rings. The van der Waals surface area contributed by atoms with Gasteiger partial charge in [0.05, 0.1) is 26.4 Å². The van der Waals surface area contributed by atoms with E-state index in [0.717, 1.165) is 43.9 Å². The van der Waals surface area contributed by atoms with Crippen LogP contribution in [0.3, 0.4) is 0 Å². The first kappa shape index (κ1) is 22.8. The smallest absolute Gasteiger partial charge is 0.411 e. The highest BCUT2D eigenvalue weighted by Gasteiger charge is 2.14. The van der Waals surface area contributed by atoms with Gasteiger partial charge in [0, 0.05) is 24.8 Å². The highest BCUT2D eigenvalue weighted by atomic mass is 16.5. The number of nitrogens with zero attached hydrogens (tertiary/aromatic N) is 4. The van der Waals surface area contributed by atoms with E-state index < -0.39 is 6.09 Å². The number of ether oxygens (including phenoxy) is 2. The van der Waals surface area contributed by atoms with Gasteiger partial charge in [0.1, 0.15) is 5.82 Å². The van der Waals surface area contributed by atoms with Crippen LogP contribution in [0, 0.1) is 0 Å². The SMILES string of the molecule is CN(C)CCCCOC(=O)Nc1cccc(Cn2nc(N3CCOCC3)ccc2=O)c1. The maximum atomic E-state index is 12.3. The molecule has 9 heteroatoms. The van der Waals surface area contributed by atoms with Gasteiger partial charge in [-0.05, 0) is 57.2 Å². The molecule has 31 heavy (non-hydrogen) atoms. The zero-order valence-corrected chi connectivity index (χ0v) is 18.2. The van der Waals surface area contributed by atoms with Crippen molar-refractivity contribution < 1.29 is 14.3 Å². The normalized spacial score (nSPS) is 14.0. The standard InChI is InChI=1S/C22H31N5O4/c1-25(2)10-3-4-13-31-22(29)23-19-7-5-6-18(16-19)17-27-21(28)9-8-20(24-27)26-11-14-30-15-12-26/h5-9,16H,3-4,10-15,17H2,1-2H3,(H,23,29). The van der Waals surface area contributed by atoms with Crippen molar-refractivity contribution in [2.45, 2.75) is 19.4 Å². The van der Waals surface area contributed by atoms with Gasteiger partial charge in [0.15, 0.2) is 0 Å². The van der Waals surface area contributed by atoms with Crippen molar-refractivity contribution in [1.82, 2.24) is 14.7 Å². The number of anilines is 2. The maximum absolute atomic E-state index is 12.3. The van der Waals surface area contributed by atoms with E-state index >= 15 is 0 Å². The fourth-order valence-electron chi connectivity index (χ4n) is 3.28. The Hall–Kier alpha value is -2.91. The lowest BCUT2D eigenvalue weighted by atomic mass is 10.2. The third-order valence-corrected chi connectivity index (χ3v) is 4.93. The van der Waals surface area contributed by atoms with E-state index in [1.807, 2.05) is 32.3 Å². The number of unbranched alkanes of at least 4 members (excludes halogenated alkanes) is 1. The van der Waals surface area contributed by atoms with Crippen molar-refractivity contribution in [2.24, 2.45) is 0 Å². The van der Waals surface area contributed by atoms with Crippen LogP contribution in [0.1, 0.15) is 18.4 Å². The average molecular weight is 430 g/mol. The van der Waals surface area contributed by atoms with Gasteiger partial charge in [-0.15, -0.1) is 0 Å². The van der Waals surface area contributed by atoms with Crippen molar-refractivity contribution in [3.05, 3.63) is 52.3 Å². The molecule has 0 saturated carbocycles. The van der Waals surface area contributed by atoms with Crippen molar-refractivity contribution in [2.75, 3.05) is 63.8 Å². The second-order valence-corrected chi connectivity index (χ2v) is 7.76.